The Labute approximate surface area is 117 Å². The van der Waals surface area contributed by atoms with Gasteiger partial charge in [0, 0.05) is 19.6 Å². The summed E-state index contributed by atoms with van der Waals surface area (Å²) in [6.07, 6.45) is 2.69. The van der Waals surface area contributed by atoms with Crippen molar-refractivity contribution in [2.24, 2.45) is 0 Å². The Bertz CT molecular complexity index is 552. The topological polar surface area (TPSA) is 47.1 Å². The number of nitrogens with two attached hydrogens (primary N) is 1. The molecule has 0 spiro atoms. The third-order valence-corrected chi connectivity index (χ3v) is 3.92. The molecule has 0 bridgehead atoms. The van der Waals surface area contributed by atoms with Gasteiger partial charge in [-0.1, -0.05) is 41.9 Å². The van der Waals surface area contributed by atoms with E-state index in [1.54, 1.807) is 6.20 Å². The largest absolute Gasteiger partial charge is 0.383 e. The van der Waals surface area contributed by atoms with Crippen LogP contribution in [0, 0.1) is 0 Å². The molecule has 0 amide bonds. The van der Waals surface area contributed by atoms with E-state index in [1.165, 1.54) is 5.56 Å². The van der Waals surface area contributed by atoms with Crippen LogP contribution in [0.25, 0.3) is 0 Å². The Hall–Kier alpha value is -1.52. The minimum atomic E-state index is 0.330. The van der Waals surface area contributed by atoms with E-state index < -0.39 is 0 Å². The number of halogens is 1. The van der Waals surface area contributed by atoms with Gasteiger partial charge in [-0.15, -0.1) is 0 Å². The summed E-state index contributed by atoms with van der Waals surface area (Å²) in [5.74, 6) is 0.577. The number of nitrogen functional groups attached to an aromatic ring is 1. The number of anilines is 1. The average Bonchev–Trinajstić information content (AvgIpc) is 3.00. The van der Waals surface area contributed by atoms with Gasteiger partial charge in [-0.25, -0.2) is 4.68 Å². The molecule has 19 heavy (non-hydrogen) atoms. The van der Waals surface area contributed by atoms with Crippen molar-refractivity contribution in [1.82, 2.24) is 14.7 Å². The highest BCUT2D eigenvalue weighted by Gasteiger charge is 2.26. The standard InChI is InChI=1S/C14H17ClN4/c15-13-8-17-19(14(13)16)12-6-7-18(10-12)9-11-4-2-1-3-5-11/h1-5,8,12H,6-7,9-10,16H2/t12-/m1/s1. The number of nitrogens with zero attached hydrogens (tertiary/aromatic N) is 3. The molecule has 3 rings (SSSR count). The molecule has 0 unspecified atom stereocenters. The summed E-state index contributed by atoms with van der Waals surface area (Å²) in [4.78, 5) is 2.43. The molecule has 1 aliphatic heterocycles. The molecule has 1 saturated heterocycles. The summed E-state index contributed by atoms with van der Waals surface area (Å²) < 4.78 is 1.85. The number of rotatable bonds is 3. The Morgan fingerprint density at radius 2 is 2.11 bits per heavy atom. The molecule has 1 aromatic heterocycles. The molecule has 100 valence electrons. The molecular formula is C14H17ClN4. The van der Waals surface area contributed by atoms with Gasteiger partial charge in [0.15, 0.2) is 0 Å². The van der Waals surface area contributed by atoms with E-state index in [2.05, 4.69) is 34.3 Å². The SMILES string of the molecule is Nc1c(Cl)cnn1[C@@H]1CCN(Cc2ccccc2)C1. The van der Waals surface area contributed by atoms with Crippen molar-refractivity contribution in [3.63, 3.8) is 0 Å². The maximum atomic E-state index is 5.95. The van der Waals surface area contributed by atoms with Crippen molar-refractivity contribution in [1.29, 1.82) is 0 Å². The summed E-state index contributed by atoms with van der Waals surface area (Å²) in [6, 6.07) is 10.8. The number of benzene rings is 1. The van der Waals surface area contributed by atoms with E-state index in [1.807, 2.05) is 10.7 Å². The number of hydrogen-bond acceptors (Lipinski definition) is 3. The van der Waals surface area contributed by atoms with Gasteiger partial charge in [-0.05, 0) is 12.0 Å². The van der Waals surface area contributed by atoms with Crippen molar-refractivity contribution >= 4 is 17.4 Å². The highest BCUT2D eigenvalue weighted by atomic mass is 35.5. The highest BCUT2D eigenvalue weighted by molar-refractivity contribution is 6.32. The highest BCUT2D eigenvalue weighted by Crippen LogP contribution is 2.28. The minimum Gasteiger partial charge on any atom is -0.383 e. The summed E-state index contributed by atoms with van der Waals surface area (Å²) >= 11 is 5.95. The van der Waals surface area contributed by atoms with Crippen molar-refractivity contribution < 1.29 is 0 Å². The van der Waals surface area contributed by atoms with Crippen LogP contribution in [0.4, 0.5) is 5.82 Å². The predicted octanol–water partition coefficient (Wildman–Crippen LogP) is 2.57. The first kappa shape index (κ1) is 12.5. The summed E-state index contributed by atoms with van der Waals surface area (Å²) in [5, 5.41) is 4.81. The summed E-state index contributed by atoms with van der Waals surface area (Å²) in [6.45, 7) is 3.01. The first-order valence-electron chi connectivity index (χ1n) is 6.49. The lowest BCUT2D eigenvalue weighted by molar-refractivity contribution is 0.312. The predicted molar refractivity (Wildman–Crippen MR) is 77.0 cm³/mol. The molecule has 4 nitrogen and oxygen atoms in total. The summed E-state index contributed by atoms with van der Waals surface area (Å²) in [7, 11) is 0. The van der Waals surface area contributed by atoms with Gasteiger partial charge in [0.2, 0.25) is 0 Å². The maximum Gasteiger partial charge on any atom is 0.140 e. The van der Waals surface area contributed by atoms with Crippen LogP contribution >= 0.6 is 11.6 Å². The molecule has 0 radical (unpaired) electrons. The Morgan fingerprint density at radius 1 is 1.32 bits per heavy atom. The van der Waals surface area contributed by atoms with Crippen molar-refractivity contribution in [3.8, 4) is 0 Å². The van der Waals surface area contributed by atoms with E-state index in [9.17, 15) is 0 Å². The molecule has 2 heterocycles. The van der Waals surface area contributed by atoms with Crippen molar-refractivity contribution in [2.75, 3.05) is 18.8 Å². The normalized spacial score (nSPS) is 19.9. The molecule has 2 aromatic rings. The zero-order valence-corrected chi connectivity index (χ0v) is 11.4. The maximum absolute atomic E-state index is 5.95. The number of likely N-dealkylation sites (tertiary alicyclic amines) is 1. The van der Waals surface area contributed by atoms with Gasteiger partial charge in [0.1, 0.15) is 10.8 Å². The van der Waals surface area contributed by atoms with Crippen LogP contribution in [-0.4, -0.2) is 27.8 Å². The second kappa shape index (κ2) is 5.23. The quantitative estimate of drug-likeness (QED) is 0.937. The van der Waals surface area contributed by atoms with Gasteiger partial charge < -0.3 is 5.73 Å². The van der Waals surface area contributed by atoms with E-state index in [-0.39, 0.29) is 0 Å². The molecule has 1 aliphatic rings. The molecular weight excluding hydrogens is 260 g/mol. The number of aromatic nitrogens is 2. The zero-order valence-electron chi connectivity index (χ0n) is 10.7. The smallest absolute Gasteiger partial charge is 0.140 e. The molecule has 0 saturated carbocycles. The molecule has 5 heteroatoms. The lowest BCUT2D eigenvalue weighted by atomic mass is 10.2. The Kier molecular flexibility index (Phi) is 3.44. The molecule has 1 aromatic carbocycles. The van der Waals surface area contributed by atoms with Gasteiger partial charge in [0.05, 0.1) is 12.2 Å². The average molecular weight is 277 g/mol. The Balaban J connectivity index is 1.66. The molecule has 1 fully saturated rings. The molecule has 2 N–H and O–H groups in total. The first-order chi connectivity index (χ1) is 9.24. The van der Waals surface area contributed by atoms with Crippen LogP contribution in [0.1, 0.15) is 18.0 Å². The van der Waals surface area contributed by atoms with E-state index in [4.69, 9.17) is 17.3 Å². The van der Waals surface area contributed by atoms with Crippen LogP contribution < -0.4 is 5.73 Å². The second-order valence-electron chi connectivity index (χ2n) is 4.99. The fourth-order valence-corrected chi connectivity index (χ4v) is 2.77. The van der Waals surface area contributed by atoms with Crippen molar-refractivity contribution in [2.45, 2.75) is 19.0 Å². The van der Waals surface area contributed by atoms with Gasteiger partial charge in [-0.3, -0.25) is 4.90 Å². The lowest BCUT2D eigenvalue weighted by Crippen LogP contribution is -2.22. The second-order valence-corrected chi connectivity index (χ2v) is 5.39. The fourth-order valence-electron chi connectivity index (χ4n) is 2.64. The van der Waals surface area contributed by atoms with Gasteiger partial charge in [0.25, 0.3) is 0 Å². The first-order valence-corrected chi connectivity index (χ1v) is 6.86. The van der Waals surface area contributed by atoms with Crippen LogP contribution in [0.15, 0.2) is 36.5 Å². The van der Waals surface area contributed by atoms with E-state index >= 15 is 0 Å². The summed E-state index contributed by atoms with van der Waals surface area (Å²) in [5.41, 5.74) is 7.27. The molecule has 0 aliphatic carbocycles. The third kappa shape index (κ3) is 2.60. The number of hydrogen-bond donors (Lipinski definition) is 1. The lowest BCUT2D eigenvalue weighted by Gasteiger charge is -2.16. The van der Waals surface area contributed by atoms with Crippen molar-refractivity contribution in [3.05, 3.63) is 47.1 Å². The van der Waals surface area contributed by atoms with Gasteiger partial charge >= 0.3 is 0 Å². The van der Waals surface area contributed by atoms with Crippen LogP contribution in [0.3, 0.4) is 0 Å². The monoisotopic (exact) mass is 276 g/mol. The van der Waals surface area contributed by atoms with E-state index in [0.717, 1.165) is 26.1 Å². The molecule has 1 atom stereocenters. The van der Waals surface area contributed by atoms with Gasteiger partial charge in [-0.2, -0.15) is 5.10 Å². The van der Waals surface area contributed by atoms with E-state index in [0.29, 0.717) is 16.9 Å². The van der Waals surface area contributed by atoms with Crippen LogP contribution in [0.5, 0.6) is 0 Å². The fraction of sp³-hybridized carbons (Fsp3) is 0.357. The van der Waals surface area contributed by atoms with Crippen LogP contribution in [-0.2, 0) is 6.54 Å². The minimum absolute atomic E-state index is 0.330. The Morgan fingerprint density at radius 3 is 2.79 bits per heavy atom. The van der Waals surface area contributed by atoms with Crippen LogP contribution in [0.2, 0.25) is 5.02 Å². The zero-order chi connectivity index (χ0) is 13.2. The third-order valence-electron chi connectivity index (χ3n) is 3.63.